The van der Waals surface area contributed by atoms with Gasteiger partial charge in [-0.15, -0.1) is 0 Å². The number of pyridine rings is 1. The molecule has 26 heavy (non-hydrogen) atoms. The molecule has 7 heteroatoms. The topological polar surface area (TPSA) is 48.9 Å². The van der Waals surface area contributed by atoms with E-state index in [2.05, 4.69) is 28.9 Å². The Kier molecular flexibility index (Phi) is 4.57. The highest BCUT2D eigenvalue weighted by molar-refractivity contribution is 7.81. The molecule has 1 amide bonds. The lowest BCUT2D eigenvalue weighted by Gasteiger charge is -2.31. The van der Waals surface area contributed by atoms with Gasteiger partial charge in [-0.2, -0.15) is 0 Å². The maximum atomic E-state index is 12.5. The van der Waals surface area contributed by atoms with Crippen LogP contribution in [0.1, 0.15) is 5.56 Å². The summed E-state index contributed by atoms with van der Waals surface area (Å²) in [6.07, 6.45) is 3.33. The Morgan fingerprint density at radius 2 is 1.96 bits per heavy atom. The third-order valence-corrected chi connectivity index (χ3v) is 5.12. The summed E-state index contributed by atoms with van der Waals surface area (Å²) in [5, 5.41) is 0.488. The molecule has 2 saturated heterocycles. The highest BCUT2D eigenvalue weighted by Crippen LogP contribution is 2.30. The zero-order valence-corrected chi connectivity index (χ0v) is 15.4. The van der Waals surface area contributed by atoms with Gasteiger partial charge in [-0.05, 0) is 55.0 Å². The Balaban J connectivity index is 1.59. The maximum absolute atomic E-state index is 12.5. The molecule has 3 heterocycles. The molecule has 0 saturated carbocycles. The molecule has 2 aromatic rings. The van der Waals surface area contributed by atoms with E-state index in [-0.39, 0.29) is 12.5 Å². The van der Waals surface area contributed by atoms with Crippen molar-refractivity contribution in [2.45, 2.75) is 6.92 Å². The number of carbonyl (C=O) groups is 1. The molecule has 0 aliphatic carbocycles. The minimum Gasteiger partial charge on any atom is -0.378 e. The molecule has 134 valence electrons. The number of hydrogen-bond donors (Lipinski definition) is 0. The van der Waals surface area contributed by atoms with E-state index in [4.69, 9.17) is 17.0 Å². The number of anilines is 3. The molecule has 1 aromatic heterocycles. The Bertz CT molecular complexity index is 837. The Morgan fingerprint density at radius 3 is 2.65 bits per heavy atom. The third kappa shape index (κ3) is 3.04. The van der Waals surface area contributed by atoms with Crippen molar-refractivity contribution in [3.8, 4) is 0 Å². The van der Waals surface area contributed by atoms with Crippen molar-refractivity contribution in [2.24, 2.45) is 0 Å². The Labute approximate surface area is 158 Å². The minimum absolute atomic E-state index is 0.0436. The summed E-state index contributed by atoms with van der Waals surface area (Å²) in [5.74, 6) is -0.0436. The molecule has 6 nitrogen and oxygen atoms in total. The highest BCUT2D eigenvalue weighted by Gasteiger charge is 2.35. The number of morpholine rings is 1. The van der Waals surface area contributed by atoms with Crippen LogP contribution in [0.5, 0.6) is 0 Å². The standard InChI is InChI=1S/C19H20N4O2S/c1-14-11-15(4-5-17(14)21-7-9-25-10-8-21)22-13-18(24)23(19(22)26)16-3-2-6-20-12-16/h2-6,11-12H,7-10,13H2,1H3. The first-order chi connectivity index (χ1) is 12.6. The van der Waals surface area contributed by atoms with Gasteiger partial charge in [-0.25, -0.2) is 0 Å². The van der Waals surface area contributed by atoms with Crippen molar-refractivity contribution < 1.29 is 9.53 Å². The van der Waals surface area contributed by atoms with E-state index in [0.717, 1.165) is 32.0 Å². The SMILES string of the molecule is Cc1cc(N2CC(=O)N(c3cccnc3)C2=S)ccc1N1CCOCC1. The zero-order valence-electron chi connectivity index (χ0n) is 14.6. The summed E-state index contributed by atoms with van der Waals surface area (Å²) >= 11 is 5.58. The first-order valence-electron chi connectivity index (χ1n) is 8.63. The van der Waals surface area contributed by atoms with Gasteiger partial charge in [-0.1, -0.05) is 0 Å². The van der Waals surface area contributed by atoms with Gasteiger partial charge in [0.15, 0.2) is 5.11 Å². The van der Waals surface area contributed by atoms with Gasteiger partial charge in [0.25, 0.3) is 5.91 Å². The lowest BCUT2D eigenvalue weighted by Crippen LogP contribution is -2.36. The Morgan fingerprint density at radius 1 is 1.15 bits per heavy atom. The van der Waals surface area contributed by atoms with E-state index in [0.29, 0.717) is 10.8 Å². The summed E-state index contributed by atoms with van der Waals surface area (Å²) in [4.78, 5) is 22.4. The molecule has 0 N–H and O–H groups in total. The van der Waals surface area contributed by atoms with E-state index in [1.165, 1.54) is 11.3 Å². The molecule has 0 unspecified atom stereocenters. The van der Waals surface area contributed by atoms with Gasteiger partial charge in [-0.3, -0.25) is 14.7 Å². The molecule has 0 bridgehead atoms. The number of rotatable bonds is 3. The second kappa shape index (κ2) is 7.01. The summed E-state index contributed by atoms with van der Waals surface area (Å²) in [6.45, 7) is 5.64. The highest BCUT2D eigenvalue weighted by atomic mass is 32.1. The fourth-order valence-electron chi connectivity index (χ4n) is 3.41. The van der Waals surface area contributed by atoms with Crippen LogP contribution in [0.4, 0.5) is 17.1 Å². The van der Waals surface area contributed by atoms with Crippen molar-refractivity contribution >= 4 is 40.3 Å². The summed E-state index contributed by atoms with van der Waals surface area (Å²) in [7, 11) is 0. The molecule has 0 radical (unpaired) electrons. The van der Waals surface area contributed by atoms with E-state index in [1.54, 1.807) is 23.4 Å². The zero-order chi connectivity index (χ0) is 18.1. The van der Waals surface area contributed by atoms with Gasteiger partial charge in [0.2, 0.25) is 0 Å². The maximum Gasteiger partial charge on any atom is 0.253 e. The first kappa shape index (κ1) is 16.9. The molecule has 0 spiro atoms. The van der Waals surface area contributed by atoms with Crippen LogP contribution in [0.15, 0.2) is 42.7 Å². The predicted octanol–water partition coefficient (Wildman–Crippen LogP) is 2.36. The molecule has 4 rings (SSSR count). The smallest absolute Gasteiger partial charge is 0.253 e. The minimum atomic E-state index is -0.0436. The number of nitrogens with zero attached hydrogens (tertiary/aromatic N) is 4. The van der Waals surface area contributed by atoms with E-state index in [1.807, 2.05) is 17.0 Å². The first-order valence-corrected chi connectivity index (χ1v) is 9.04. The van der Waals surface area contributed by atoms with Crippen LogP contribution in [0.3, 0.4) is 0 Å². The fourth-order valence-corrected chi connectivity index (χ4v) is 3.79. The number of carbonyl (C=O) groups excluding carboxylic acids is 1. The number of aryl methyl sites for hydroxylation is 1. The number of amides is 1. The van der Waals surface area contributed by atoms with Crippen LogP contribution in [0.2, 0.25) is 0 Å². The number of benzene rings is 1. The quantitative estimate of drug-likeness (QED) is 0.776. The lowest BCUT2D eigenvalue weighted by molar-refractivity contribution is -0.115. The number of ether oxygens (including phenoxy) is 1. The van der Waals surface area contributed by atoms with Gasteiger partial charge in [0.1, 0.15) is 6.54 Å². The van der Waals surface area contributed by atoms with Crippen LogP contribution in [-0.2, 0) is 9.53 Å². The predicted molar refractivity (Wildman–Crippen MR) is 106 cm³/mol. The van der Waals surface area contributed by atoms with Crippen molar-refractivity contribution in [2.75, 3.05) is 47.5 Å². The molecular formula is C19H20N4O2S. The van der Waals surface area contributed by atoms with Crippen molar-refractivity contribution in [3.63, 3.8) is 0 Å². The fraction of sp³-hybridized carbons (Fsp3) is 0.316. The van der Waals surface area contributed by atoms with E-state index >= 15 is 0 Å². The average Bonchev–Trinajstić information content (AvgIpc) is 2.97. The molecule has 0 atom stereocenters. The normalized spacial score (nSPS) is 18.0. The lowest BCUT2D eigenvalue weighted by atomic mass is 10.1. The summed E-state index contributed by atoms with van der Waals surface area (Å²) in [5.41, 5.74) is 4.01. The number of aromatic nitrogens is 1. The molecule has 1 aromatic carbocycles. The van der Waals surface area contributed by atoms with Gasteiger partial charge in [0, 0.05) is 30.7 Å². The second-order valence-corrected chi connectivity index (χ2v) is 6.74. The molecule has 2 aliphatic rings. The Hall–Kier alpha value is -2.51. The van der Waals surface area contributed by atoms with Crippen LogP contribution in [0.25, 0.3) is 0 Å². The van der Waals surface area contributed by atoms with E-state index < -0.39 is 0 Å². The second-order valence-electron chi connectivity index (χ2n) is 6.38. The van der Waals surface area contributed by atoms with E-state index in [9.17, 15) is 4.79 Å². The number of hydrogen-bond acceptors (Lipinski definition) is 5. The van der Waals surface area contributed by atoms with Gasteiger partial charge in [0.05, 0.1) is 25.1 Å². The summed E-state index contributed by atoms with van der Waals surface area (Å²) < 4.78 is 5.43. The average molecular weight is 368 g/mol. The molecular weight excluding hydrogens is 348 g/mol. The van der Waals surface area contributed by atoms with Gasteiger partial charge >= 0.3 is 0 Å². The van der Waals surface area contributed by atoms with Crippen molar-refractivity contribution in [1.82, 2.24) is 4.98 Å². The van der Waals surface area contributed by atoms with Gasteiger partial charge < -0.3 is 14.5 Å². The molecule has 2 aliphatic heterocycles. The van der Waals surface area contributed by atoms with Crippen molar-refractivity contribution in [3.05, 3.63) is 48.3 Å². The summed E-state index contributed by atoms with van der Waals surface area (Å²) in [6, 6.07) is 9.87. The third-order valence-electron chi connectivity index (χ3n) is 4.71. The van der Waals surface area contributed by atoms with Crippen LogP contribution >= 0.6 is 12.2 Å². The van der Waals surface area contributed by atoms with Crippen LogP contribution in [0, 0.1) is 6.92 Å². The van der Waals surface area contributed by atoms with Crippen LogP contribution in [-0.4, -0.2) is 48.9 Å². The monoisotopic (exact) mass is 368 g/mol. The number of thiocarbonyl (C=S) groups is 1. The van der Waals surface area contributed by atoms with Crippen molar-refractivity contribution in [1.29, 1.82) is 0 Å². The van der Waals surface area contributed by atoms with Crippen LogP contribution < -0.4 is 14.7 Å². The molecule has 2 fully saturated rings. The largest absolute Gasteiger partial charge is 0.378 e.